The molecule has 0 saturated heterocycles. The smallest absolute Gasteiger partial charge is 0.244 e. The van der Waals surface area contributed by atoms with Crippen LogP contribution in [0.3, 0.4) is 0 Å². The molecule has 0 radical (unpaired) electrons. The van der Waals surface area contributed by atoms with Crippen LogP contribution in [0.2, 0.25) is 0 Å². The van der Waals surface area contributed by atoms with Crippen LogP contribution in [0.15, 0.2) is 33.9 Å². The van der Waals surface area contributed by atoms with E-state index in [0.717, 1.165) is 6.07 Å². The van der Waals surface area contributed by atoms with Gasteiger partial charge in [0.15, 0.2) is 0 Å². The van der Waals surface area contributed by atoms with Crippen LogP contribution in [0.5, 0.6) is 0 Å². The molecule has 2 rings (SSSR count). The van der Waals surface area contributed by atoms with Crippen molar-refractivity contribution in [2.24, 2.45) is 7.05 Å². The highest BCUT2D eigenvalue weighted by Crippen LogP contribution is 2.21. The summed E-state index contributed by atoms with van der Waals surface area (Å²) < 4.78 is 42.5. The molecular formula is C11H12BrFN4O2S. The highest BCUT2D eigenvalue weighted by Gasteiger charge is 2.24. The van der Waals surface area contributed by atoms with Crippen LogP contribution in [-0.2, 0) is 17.1 Å². The molecule has 0 spiro atoms. The fourth-order valence-corrected chi connectivity index (χ4v) is 3.32. The number of aromatic nitrogens is 3. The average Bonchev–Trinajstić information content (AvgIpc) is 2.74. The Morgan fingerprint density at radius 2 is 2.15 bits per heavy atom. The van der Waals surface area contributed by atoms with Crippen molar-refractivity contribution in [3.05, 3.63) is 40.6 Å². The second-order valence-corrected chi connectivity index (χ2v) is 6.82. The number of nitrogens with zero attached hydrogens (tertiary/aromatic N) is 3. The first-order valence-corrected chi connectivity index (χ1v) is 7.90. The van der Waals surface area contributed by atoms with E-state index in [1.165, 1.54) is 18.5 Å². The molecule has 1 heterocycles. The fourth-order valence-electron chi connectivity index (χ4n) is 1.73. The average molecular weight is 363 g/mol. The van der Waals surface area contributed by atoms with Crippen molar-refractivity contribution in [2.45, 2.75) is 17.9 Å². The lowest BCUT2D eigenvalue weighted by Gasteiger charge is -2.13. The molecule has 1 aromatic carbocycles. The monoisotopic (exact) mass is 362 g/mol. The minimum atomic E-state index is -3.98. The van der Waals surface area contributed by atoms with Gasteiger partial charge in [-0.25, -0.2) is 17.5 Å². The normalized spacial score (nSPS) is 13.4. The molecule has 2 aromatic rings. The zero-order valence-corrected chi connectivity index (χ0v) is 13.1. The summed E-state index contributed by atoms with van der Waals surface area (Å²) in [5.74, 6) is -0.386. The van der Waals surface area contributed by atoms with Crippen molar-refractivity contribution in [3.8, 4) is 0 Å². The lowest BCUT2D eigenvalue weighted by molar-refractivity contribution is 0.537. The summed E-state index contributed by atoms with van der Waals surface area (Å²) in [7, 11) is -2.28. The molecular weight excluding hydrogens is 351 g/mol. The molecule has 0 amide bonds. The lowest BCUT2D eigenvalue weighted by atomic mass is 10.3. The zero-order valence-electron chi connectivity index (χ0n) is 10.7. The van der Waals surface area contributed by atoms with E-state index in [9.17, 15) is 12.8 Å². The summed E-state index contributed by atoms with van der Waals surface area (Å²) >= 11 is 3.08. The van der Waals surface area contributed by atoms with Gasteiger partial charge in [-0.15, -0.1) is 10.2 Å². The molecule has 1 N–H and O–H groups in total. The summed E-state index contributed by atoms with van der Waals surface area (Å²) in [6.07, 6.45) is 1.46. The van der Waals surface area contributed by atoms with E-state index in [-0.39, 0.29) is 0 Å². The Hall–Kier alpha value is -1.32. The Bertz CT molecular complexity index is 732. The van der Waals surface area contributed by atoms with E-state index in [1.54, 1.807) is 18.5 Å². The summed E-state index contributed by atoms with van der Waals surface area (Å²) in [4.78, 5) is -0.408. The first-order chi connectivity index (χ1) is 9.31. The Labute approximate surface area is 124 Å². The van der Waals surface area contributed by atoms with Crippen LogP contribution in [0.25, 0.3) is 0 Å². The largest absolute Gasteiger partial charge is 0.319 e. The van der Waals surface area contributed by atoms with Gasteiger partial charge in [0.25, 0.3) is 0 Å². The minimum absolute atomic E-state index is 0.408. The molecule has 9 heteroatoms. The third-order valence-corrected chi connectivity index (χ3v) is 4.72. The van der Waals surface area contributed by atoms with Gasteiger partial charge in [-0.3, -0.25) is 0 Å². The Morgan fingerprint density at radius 3 is 2.70 bits per heavy atom. The van der Waals surface area contributed by atoms with Crippen LogP contribution in [0, 0.1) is 5.82 Å². The molecule has 20 heavy (non-hydrogen) atoms. The van der Waals surface area contributed by atoms with E-state index in [2.05, 4.69) is 30.8 Å². The first kappa shape index (κ1) is 15.1. The molecule has 0 aliphatic rings. The molecule has 0 saturated carbocycles. The van der Waals surface area contributed by atoms with E-state index in [0.29, 0.717) is 10.3 Å². The number of hydrogen-bond donors (Lipinski definition) is 1. The van der Waals surface area contributed by atoms with Crippen molar-refractivity contribution < 1.29 is 12.8 Å². The minimum Gasteiger partial charge on any atom is -0.319 e. The molecule has 0 bridgehead atoms. The predicted molar refractivity (Wildman–Crippen MR) is 73.8 cm³/mol. The Balaban J connectivity index is 2.30. The van der Waals surface area contributed by atoms with Gasteiger partial charge in [0.1, 0.15) is 22.9 Å². The molecule has 0 aliphatic carbocycles. The van der Waals surface area contributed by atoms with Crippen molar-refractivity contribution in [1.29, 1.82) is 0 Å². The van der Waals surface area contributed by atoms with Crippen LogP contribution in [-0.4, -0.2) is 23.2 Å². The zero-order chi connectivity index (χ0) is 14.9. The number of hydrogen-bond acceptors (Lipinski definition) is 4. The van der Waals surface area contributed by atoms with E-state index in [4.69, 9.17) is 0 Å². The van der Waals surface area contributed by atoms with Gasteiger partial charge < -0.3 is 4.57 Å². The van der Waals surface area contributed by atoms with Crippen molar-refractivity contribution in [2.75, 3.05) is 0 Å². The molecule has 1 aromatic heterocycles. The van der Waals surface area contributed by atoms with Gasteiger partial charge in [0.2, 0.25) is 10.0 Å². The molecule has 0 fully saturated rings. The molecule has 1 unspecified atom stereocenters. The van der Waals surface area contributed by atoms with Crippen LogP contribution in [0.1, 0.15) is 18.8 Å². The van der Waals surface area contributed by atoms with Gasteiger partial charge in [0.05, 0.1) is 6.04 Å². The first-order valence-electron chi connectivity index (χ1n) is 5.62. The van der Waals surface area contributed by atoms with Crippen molar-refractivity contribution in [1.82, 2.24) is 19.5 Å². The number of sulfonamides is 1. The third-order valence-electron chi connectivity index (χ3n) is 2.65. The molecule has 6 nitrogen and oxygen atoms in total. The van der Waals surface area contributed by atoms with Crippen LogP contribution < -0.4 is 4.72 Å². The van der Waals surface area contributed by atoms with Gasteiger partial charge in [0, 0.05) is 11.5 Å². The lowest BCUT2D eigenvalue weighted by Crippen LogP contribution is -2.29. The number of nitrogens with one attached hydrogen (secondary N) is 1. The predicted octanol–water partition coefficient (Wildman–Crippen LogP) is 1.76. The number of rotatable bonds is 4. The summed E-state index contributed by atoms with van der Waals surface area (Å²) in [5, 5.41) is 7.49. The topological polar surface area (TPSA) is 76.9 Å². The fraction of sp³-hybridized carbons (Fsp3) is 0.273. The maximum Gasteiger partial charge on any atom is 0.244 e. The highest BCUT2D eigenvalue weighted by atomic mass is 79.9. The van der Waals surface area contributed by atoms with Crippen LogP contribution in [0.4, 0.5) is 4.39 Å². The van der Waals surface area contributed by atoms with E-state index >= 15 is 0 Å². The summed E-state index contributed by atoms with van der Waals surface area (Å²) in [6.45, 7) is 1.61. The maximum atomic E-state index is 13.7. The standard InChI is InChI=1S/C11H12BrFN4O2S/c1-7(11-15-14-6-17(11)2)16-20(18,19)10-4-3-8(12)5-9(10)13/h3-7,16H,1-2H3. The second kappa shape index (κ2) is 5.58. The van der Waals surface area contributed by atoms with E-state index < -0.39 is 26.8 Å². The highest BCUT2D eigenvalue weighted by molar-refractivity contribution is 9.10. The summed E-state index contributed by atoms with van der Waals surface area (Å²) in [5.41, 5.74) is 0. The molecule has 0 aliphatic heterocycles. The second-order valence-electron chi connectivity index (χ2n) is 4.22. The number of aryl methyl sites for hydroxylation is 1. The van der Waals surface area contributed by atoms with Crippen molar-refractivity contribution >= 4 is 26.0 Å². The molecule has 1 atom stereocenters. The van der Waals surface area contributed by atoms with Crippen LogP contribution >= 0.6 is 15.9 Å². The maximum absolute atomic E-state index is 13.7. The van der Waals surface area contributed by atoms with Gasteiger partial charge in [-0.05, 0) is 25.1 Å². The Kier molecular flexibility index (Phi) is 4.21. The number of benzene rings is 1. The quantitative estimate of drug-likeness (QED) is 0.898. The van der Waals surface area contributed by atoms with Gasteiger partial charge in [-0.2, -0.15) is 0 Å². The number of halogens is 2. The SMILES string of the molecule is CC(NS(=O)(=O)c1ccc(Br)cc1F)c1nncn1C. The summed E-state index contributed by atoms with van der Waals surface area (Å²) in [6, 6.07) is 3.13. The van der Waals surface area contributed by atoms with E-state index in [1.807, 2.05) is 0 Å². The Morgan fingerprint density at radius 1 is 1.45 bits per heavy atom. The molecule has 108 valence electrons. The third kappa shape index (κ3) is 3.05. The van der Waals surface area contributed by atoms with Gasteiger partial charge in [-0.1, -0.05) is 15.9 Å². The van der Waals surface area contributed by atoms with Gasteiger partial charge >= 0.3 is 0 Å². The van der Waals surface area contributed by atoms with Crippen molar-refractivity contribution in [3.63, 3.8) is 0 Å².